The van der Waals surface area contributed by atoms with Gasteiger partial charge in [-0.05, 0) is 50.2 Å². The third-order valence-electron chi connectivity index (χ3n) is 3.59. The van der Waals surface area contributed by atoms with E-state index >= 15 is 0 Å². The highest BCUT2D eigenvalue weighted by Gasteiger charge is 2.25. The monoisotopic (exact) mass is 361 g/mol. The molecule has 0 unspecified atom stereocenters. The molecule has 3 aromatic rings. The average Bonchev–Trinajstić information content (AvgIpc) is 2.84. The van der Waals surface area contributed by atoms with Crippen molar-refractivity contribution < 1.29 is 8.42 Å². The summed E-state index contributed by atoms with van der Waals surface area (Å²) >= 11 is 5.90. The van der Waals surface area contributed by atoms with E-state index in [1.807, 2.05) is 6.07 Å². The molecule has 124 valence electrons. The van der Waals surface area contributed by atoms with Crippen molar-refractivity contribution in [3.63, 3.8) is 0 Å². The predicted molar refractivity (Wildman–Crippen MR) is 95.3 cm³/mol. The van der Waals surface area contributed by atoms with Crippen molar-refractivity contribution in [1.29, 1.82) is 0 Å². The number of sulfonamides is 1. The largest absolute Gasteiger partial charge is 0.280 e. The van der Waals surface area contributed by atoms with Crippen molar-refractivity contribution in [2.45, 2.75) is 18.7 Å². The Hall–Kier alpha value is -2.31. The van der Waals surface area contributed by atoms with Gasteiger partial charge in [0, 0.05) is 10.7 Å². The molecular weight excluding hydrogens is 346 g/mol. The molecule has 1 N–H and O–H groups in total. The lowest BCUT2D eigenvalue weighted by Gasteiger charge is -2.09. The van der Waals surface area contributed by atoms with Crippen molar-refractivity contribution in [3.05, 3.63) is 71.0 Å². The smallest absolute Gasteiger partial charge is 0.265 e. The van der Waals surface area contributed by atoms with Gasteiger partial charge in [-0.3, -0.25) is 4.72 Å². The summed E-state index contributed by atoms with van der Waals surface area (Å²) in [6.07, 6.45) is 0. The lowest BCUT2D eigenvalue weighted by molar-refractivity contribution is 0.600. The van der Waals surface area contributed by atoms with E-state index in [4.69, 9.17) is 11.6 Å². The SMILES string of the molecule is Cc1nn(-c2ccc(Cl)cc2)c(C)c1S(=O)(=O)Nc1ccccc1. The minimum atomic E-state index is -3.73. The maximum Gasteiger partial charge on any atom is 0.265 e. The number of hydrogen-bond acceptors (Lipinski definition) is 3. The fourth-order valence-electron chi connectivity index (χ4n) is 2.56. The first-order chi connectivity index (χ1) is 11.4. The van der Waals surface area contributed by atoms with Gasteiger partial charge in [0.25, 0.3) is 10.0 Å². The number of anilines is 1. The quantitative estimate of drug-likeness (QED) is 0.765. The van der Waals surface area contributed by atoms with Gasteiger partial charge in [0.1, 0.15) is 4.90 Å². The van der Waals surface area contributed by atoms with Crippen LogP contribution in [0.2, 0.25) is 5.02 Å². The number of aromatic nitrogens is 2. The first kappa shape index (κ1) is 16.5. The van der Waals surface area contributed by atoms with E-state index in [9.17, 15) is 8.42 Å². The van der Waals surface area contributed by atoms with Crippen LogP contribution in [0.25, 0.3) is 5.69 Å². The lowest BCUT2D eigenvalue weighted by atomic mass is 10.3. The minimum absolute atomic E-state index is 0.182. The fourth-order valence-corrected chi connectivity index (χ4v) is 4.14. The second-order valence-corrected chi connectivity index (χ2v) is 7.42. The van der Waals surface area contributed by atoms with E-state index in [1.165, 1.54) is 0 Å². The molecule has 7 heteroatoms. The summed E-state index contributed by atoms with van der Waals surface area (Å²) in [7, 11) is -3.73. The normalized spacial score (nSPS) is 11.5. The summed E-state index contributed by atoms with van der Waals surface area (Å²) in [6.45, 7) is 3.41. The van der Waals surface area contributed by atoms with Crippen LogP contribution in [0.4, 0.5) is 5.69 Å². The van der Waals surface area contributed by atoms with E-state index in [0.717, 1.165) is 5.69 Å². The maximum atomic E-state index is 12.8. The molecule has 0 atom stereocenters. The Labute approximate surface area is 145 Å². The zero-order chi connectivity index (χ0) is 17.3. The van der Waals surface area contributed by atoms with Crippen molar-refractivity contribution in [2.24, 2.45) is 0 Å². The van der Waals surface area contributed by atoms with Crippen LogP contribution in [-0.4, -0.2) is 18.2 Å². The molecule has 2 aromatic carbocycles. The Bertz CT molecular complexity index is 965. The Balaban J connectivity index is 2.04. The van der Waals surface area contributed by atoms with E-state index in [0.29, 0.717) is 22.1 Å². The number of aryl methyl sites for hydroxylation is 1. The second kappa shape index (κ2) is 6.30. The van der Waals surface area contributed by atoms with E-state index < -0.39 is 10.0 Å². The van der Waals surface area contributed by atoms with Crippen LogP contribution >= 0.6 is 11.6 Å². The van der Waals surface area contributed by atoms with Gasteiger partial charge >= 0.3 is 0 Å². The number of nitrogens with zero attached hydrogens (tertiary/aromatic N) is 2. The molecule has 0 amide bonds. The molecule has 24 heavy (non-hydrogen) atoms. The number of hydrogen-bond donors (Lipinski definition) is 1. The first-order valence-electron chi connectivity index (χ1n) is 7.28. The van der Waals surface area contributed by atoms with Crippen LogP contribution < -0.4 is 4.72 Å². The molecule has 0 saturated heterocycles. The van der Waals surface area contributed by atoms with E-state index in [2.05, 4.69) is 9.82 Å². The lowest BCUT2D eigenvalue weighted by Crippen LogP contribution is -2.14. The van der Waals surface area contributed by atoms with Gasteiger partial charge in [-0.15, -0.1) is 0 Å². The van der Waals surface area contributed by atoms with Gasteiger partial charge in [-0.25, -0.2) is 13.1 Å². The highest BCUT2D eigenvalue weighted by Crippen LogP contribution is 2.25. The Morgan fingerprint density at radius 3 is 2.25 bits per heavy atom. The van der Waals surface area contributed by atoms with Gasteiger partial charge in [0.05, 0.1) is 17.1 Å². The van der Waals surface area contributed by atoms with Crippen LogP contribution in [0.1, 0.15) is 11.4 Å². The first-order valence-corrected chi connectivity index (χ1v) is 9.14. The molecule has 5 nitrogen and oxygen atoms in total. The van der Waals surface area contributed by atoms with Crippen LogP contribution in [0.5, 0.6) is 0 Å². The minimum Gasteiger partial charge on any atom is -0.280 e. The molecule has 0 aliphatic heterocycles. The maximum absolute atomic E-state index is 12.8. The van der Waals surface area contributed by atoms with Gasteiger partial charge < -0.3 is 0 Å². The summed E-state index contributed by atoms with van der Waals surface area (Å²) in [5.41, 5.74) is 2.24. The number of benzene rings is 2. The molecule has 0 aliphatic rings. The van der Waals surface area contributed by atoms with Crippen molar-refractivity contribution in [2.75, 3.05) is 4.72 Å². The molecule has 3 rings (SSSR count). The molecule has 1 heterocycles. The average molecular weight is 362 g/mol. The van der Waals surface area contributed by atoms with Crippen LogP contribution in [0.3, 0.4) is 0 Å². The van der Waals surface area contributed by atoms with Crippen molar-refractivity contribution in [3.8, 4) is 5.69 Å². The summed E-state index contributed by atoms with van der Waals surface area (Å²) in [4.78, 5) is 0.182. The van der Waals surface area contributed by atoms with E-state index in [1.54, 1.807) is 67.1 Å². The van der Waals surface area contributed by atoms with Crippen molar-refractivity contribution >= 4 is 27.3 Å². The topological polar surface area (TPSA) is 64.0 Å². The fraction of sp³-hybridized carbons (Fsp3) is 0.118. The Morgan fingerprint density at radius 1 is 1.00 bits per heavy atom. The van der Waals surface area contributed by atoms with Gasteiger partial charge in [-0.1, -0.05) is 29.8 Å². The third kappa shape index (κ3) is 3.16. The van der Waals surface area contributed by atoms with Gasteiger partial charge in [-0.2, -0.15) is 5.10 Å². The number of para-hydroxylation sites is 1. The second-order valence-electron chi connectivity index (χ2n) is 5.36. The summed E-state index contributed by atoms with van der Waals surface area (Å²) in [5, 5.41) is 4.98. The van der Waals surface area contributed by atoms with Crippen LogP contribution in [0.15, 0.2) is 59.5 Å². The highest BCUT2D eigenvalue weighted by atomic mass is 35.5. The van der Waals surface area contributed by atoms with Crippen molar-refractivity contribution in [1.82, 2.24) is 9.78 Å². The van der Waals surface area contributed by atoms with Crippen LogP contribution in [0, 0.1) is 13.8 Å². The summed E-state index contributed by atoms with van der Waals surface area (Å²) in [6, 6.07) is 15.8. The predicted octanol–water partition coefficient (Wildman–Crippen LogP) is 3.94. The summed E-state index contributed by atoms with van der Waals surface area (Å²) in [5.74, 6) is 0. The summed E-state index contributed by atoms with van der Waals surface area (Å²) < 4.78 is 29.7. The number of rotatable bonds is 4. The molecule has 0 bridgehead atoms. The molecule has 0 aliphatic carbocycles. The molecule has 0 spiro atoms. The molecule has 0 saturated carbocycles. The third-order valence-corrected chi connectivity index (χ3v) is 5.48. The molecule has 0 fully saturated rings. The van der Waals surface area contributed by atoms with Gasteiger partial charge in [0.15, 0.2) is 0 Å². The zero-order valence-electron chi connectivity index (χ0n) is 13.2. The molecular formula is C17H16ClN3O2S. The zero-order valence-corrected chi connectivity index (χ0v) is 14.8. The molecule has 0 radical (unpaired) electrons. The van der Waals surface area contributed by atoms with E-state index in [-0.39, 0.29) is 4.90 Å². The Kier molecular flexibility index (Phi) is 4.34. The number of nitrogens with one attached hydrogen (secondary N) is 1. The number of halogens is 1. The van der Waals surface area contributed by atoms with Gasteiger partial charge in [0.2, 0.25) is 0 Å². The molecule has 1 aromatic heterocycles. The Morgan fingerprint density at radius 2 is 1.62 bits per heavy atom. The van der Waals surface area contributed by atoms with Crippen LogP contribution in [-0.2, 0) is 10.0 Å². The standard InChI is InChI=1S/C17H16ClN3O2S/c1-12-17(24(22,23)20-15-6-4-3-5-7-15)13(2)21(19-12)16-10-8-14(18)9-11-16/h3-11,20H,1-2H3. The highest BCUT2D eigenvalue weighted by molar-refractivity contribution is 7.92.